The van der Waals surface area contributed by atoms with Crippen molar-refractivity contribution in [2.75, 3.05) is 18.4 Å². The molecule has 4 atom stereocenters. The van der Waals surface area contributed by atoms with Crippen LogP contribution in [0.5, 0.6) is 0 Å². The van der Waals surface area contributed by atoms with Crippen LogP contribution in [0, 0.1) is 27.0 Å². The van der Waals surface area contributed by atoms with E-state index in [0.717, 1.165) is 86.7 Å². The Morgan fingerprint density at radius 1 is 0.675 bits per heavy atom. The van der Waals surface area contributed by atoms with Gasteiger partial charge in [0.05, 0.1) is 45.6 Å². The van der Waals surface area contributed by atoms with Crippen LogP contribution in [0.1, 0.15) is 76.6 Å². The second-order valence-electron chi connectivity index (χ2n) is 18.5. The zero-order valence-corrected chi connectivity index (χ0v) is 44.0. The largest absolute Gasteiger partial charge is 0.445 e. The summed E-state index contributed by atoms with van der Waals surface area (Å²) in [7, 11) is 0. The maximum atomic E-state index is 12.8. The van der Waals surface area contributed by atoms with E-state index in [1.807, 2.05) is 113 Å². The third kappa shape index (κ3) is 14.0. The van der Waals surface area contributed by atoms with Gasteiger partial charge in [-0.2, -0.15) is 0 Å². The fraction of sp³-hybridized carbons (Fsp3) is 0.310. The van der Waals surface area contributed by atoms with E-state index < -0.39 is 0 Å². The normalized spacial score (nSPS) is 16.7. The number of H-pyrrole nitrogens is 2. The minimum atomic E-state index is -0.317. The van der Waals surface area contributed by atoms with E-state index in [1.54, 1.807) is 34.3 Å². The number of nitrogens with one attached hydrogen (secondary N) is 3. The highest BCUT2D eigenvalue weighted by Crippen LogP contribution is 2.39. The number of halogens is 3. The minimum Gasteiger partial charge on any atom is -0.445 e. The number of anilines is 1. The molecule has 4 aromatic heterocycles. The monoisotopic (exact) mass is 1100 g/mol. The molecule has 5 N–H and O–H groups in total. The lowest BCUT2D eigenvalue weighted by Gasteiger charge is -2.37. The topological polar surface area (TPSA) is 189 Å². The molecule has 0 bridgehead atoms. The van der Waals surface area contributed by atoms with E-state index in [2.05, 4.69) is 39.9 Å². The Labute approximate surface area is 464 Å². The number of nitrogens with zero attached hydrogens (tertiary/aromatic N) is 8. The van der Waals surface area contributed by atoms with Crippen LogP contribution >= 0.6 is 34.8 Å². The first kappa shape index (κ1) is 58.5. The molecule has 0 spiro atoms. The number of aromatic nitrogens is 6. The number of aromatic amines is 2. The van der Waals surface area contributed by atoms with Gasteiger partial charge in [0.15, 0.2) is 0 Å². The lowest BCUT2D eigenvalue weighted by molar-refractivity contribution is 0.0678. The number of likely N-dealkylation sites (tertiary alicyclic amines) is 2. The molecule has 6 heterocycles. The van der Waals surface area contributed by atoms with E-state index >= 15 is 0 Å². The average molecular weight is 1100 g/mol. The second-order valence-corrected chi connectivity index (χ2v) is 19.6. The Balaban J connectivity index is 0.000000203. The van der Waals surface area contributed by atoms with Crippen LogP contribution in [-0.2, 0) is 22.7 Å². The SMILES string of the molecule is C.C.C[C@H]1CC[C@H](N)CN1C(=O)OCc1ccccc1.[C-]#[N+]c1ccc2c(-c3nc(Cl)ncc3C)c[nH]c2c1Cl.[C-]#[N+]c1ccc2c(-c3nc(N[C@H]4CC[C@H](C)N(C(=O)OCc5ccccc5)C4)ncc3C)c[nH]c2c1Cl. The van der Waals surface area contributed by atoms with E-state index in [0.29, 0.717) is 52.6 Å². The summed E-state index contributed by atoms with van der Waals surface area (Å²) in [5, 5.41) is 6.23. The highest BCUT2D eigenvalue weighted by Gasteiger charge is 2.31. The molecule has 0 saturated carbocycles. The van der Waals surface area contributed by atoms with Crippen molar-refractivity contribution in [3.8, 4) is 22.5 Å². The van der Waals surface area contributed by atoms with Gasteiger partial charge in [-0.05, 0) is 87.2 Å². The van der Waals surface area contributed by atoms with Gasteiger partial charge in [-0.1, -0.05) is 123 Å². The molecule has 77 heavy (non-hydrogen) atoms. The summed E-state index contributed by atoms with van der Waals surface area (Å²) < 4.78 is 10.9. The molecule has 4 aromatic carbocycles. The number of amides is 2. The molecule has 0 radical (unpaired) electrons. The standard InChI is InChI=1S/C28H27ClN6O2.C14H8Cl2N4.C14H20N2O2.2CH4/c1-17-13-32-27(34-25(17)22-14-31-26-21(22)11-12-23(30-3)24(26)29)33-20-10-9-18(2)35(15-20)28(36)37-16-19-7-5-4-6-8-19;1-7-5-19-14(16)20-12(7)9-6-18-13-8(9)3-4-10(17-2)11(13)15;1-11-7-8-13(15)9-16(11)14(17)18-10-12-5-3-2-4-6-12;;/h4-8,11-14,18,20,31H,9-10,15-16H2,1-2H3,(H,32,33,34);3-6,18H,1H3;2-6,11,13H,7-10,15H2,1H3;2*1H4/t18-,20-;;11-,13-;;/m0.0../s1. The number of carbonyl (C=O) groups excluding carboxylic acids is 2. The predicted octanol–water partition coefficient (Wildman–Crippen LogP) is 14.9. The minimum absolute atomic E-state index is 0. The summed E-state index contributed by atoms with van der Waals surface area (Å²) >= 11 is 18.5. The average Bonchev–Trinajstić information content (AvgIpc) is 4.08. The molecule has 2 aliphatic heterocycles. The number of hydrogen-bond acceptors (Lipinski definition) is 10. The Morgan fingerprint density at radius 2 is 1.14 bits per heavy atom. The lowest BCUT2D eigenvalue weighted by Crippen LogP contribution is -2.50. The zero-order chi connectivity index (χ0) is 53.2. The van der Waals surface area contributed by atoms with Crippen molar-refractivity contribution in [1.29, 1.82) is 0 Å². The van der Waals surface area contributed by atoms with Crippen molar-refractivity contribution in [2.24, 2.45) is 5.73 Å². The maximum absolute atomic E-state index is 12.8. The molecular formula is C58H63Cl3N12O4. The van der Waals surface area contributed by atoms with Crippen molar-refractivity contribution in [3.63, 3.8) is 0 Å². The number of nitrogens with two attached hydrogens (primary N) is 1. The van der Waals surface area contributed by atoms with E-state index in [1.165, 1.54) is 0 Å². The van der Waals surface area contributed by atoms with Gasteiger partial charge >= 0.3 is 12.2 Å². The van der Waals surface area contributed by atoms with Crippen molar-refractivity contribution >= 4 is 86.1 Å². The summed E-state index contributed by atoms with van der Waals surface area (Å²) in [6.07, 6.45) is 10.2. The summed E-state index contributed by atoms with van der Waals surface area (Å²) in [5.41, 5.74) is 15.2. The molecule has 16 nitrogen and oxygen atoms in total. The van der Waals surface area contributed by atoms with Crippen molar-refractivity contribution in [1.82, 2.24) is 39.7 Å². The number of benzene rings is 4. The number of fused-ring (bicyclic) bond motifs is 2. The number of aryl methyl sites for hydroxylation is 2. The highest BCUT2D eigenvalue weighted by molar-refractivity contribution is 6.39. The second kappa shape index (κ2) is 26.8. The number of ether oxygens (including phenoxy) is 2. The van der Waals surface area contributed by atoms with Gasteiger partial charge in [0.1, 0.15) is 13.2 Å². The van der Waals surface area contributed by atoms with Crippen LogP contribution in [0.25, 0.3) is 54.0 Å². The summed E-state index contributed by atoms with van der Waals surface area (Å²) in [4.78, 5) is 59.0. The fourth-order valence-corrected chi connectivity index (χ4v) is 9.66. The Bertz CT molecular complexity index is 3400. The zero-order valence-electron chi connectivity index (χ0n) is 41.8. The molecule has 10 rings (SSSR count). The first-order valence-corrected chi connectivity index (χ1v) is 25.5. The molecule has 19 heteroatoms. The van der Waals surface area contributed by atoms with E-state index in [-0.39, 0.29) is 63.1 Å². The highest BCUT2D eigenvalue weighted by atomic mass is 35.5. The molecule has 2 fully saturated rings. The number of hydrogen-bond donors (Lipinski definition) is 4. The summed E-state index contributed by atoms with van der Waals surface area (Å²) in [5.74, 6) is 0.496. The summed E-state index contributed by atoms with van der Waals surface area (Å²) in [6, 6.07) is 26.9. The van der Waals surface area contributed by atoms with Crippen LogP contribution in [0.2, 0.25) is 15.3 Å². The predicted molar refractivity (Wildman–Crippen MR) is 309 cm³/mol. The van der Waals surface area contributed by atoms with Gasteiger partial charge < -0.3 is 40.3 Å². The van der Waals surface area contributed by atoms with Gasteiger partial charge in [-0.25, -0.2) is 39.2 Å². The number of piperidine rings is 2. The van der Waals surface area contributed by atoms with Crippen LogP contribution < -0.4 is 11.1 Å². The third-order valence-electron chi connectivity index (χ3n) is 13.2. The van der Waals surface area contributed by atoms with Crippen molar-refractivity contribution < 1.29 is 19.1 Å². The van der Waals surface area contributed by atoms with Gasteiger partial charge in [-0.3, -0.25) is 0 Å². The van der Waals surface area contributed by atoms with E-state index in [4.69, 9.17) is 68.1 Å². The molecule has 2 saturated heterocycles. The first-order valence-electron chi connectivity index (χ1n) is 24.4. The molecule has 0 unspecified atom stereocenters. The molecule has 2 amide bonds. The molecule has 400 valence electrons. The Hall–Kier alpha value is -7.73. The van der Waals surface area contributed by atoms with Crippen LogP contribution in [0.15, 0.2) is 110 Å². The Kier molecular flexibility index (Phi) is 20.4. The van der Waals surface area contributed by atoms with Gasteiger partial charge in [0.25, 0.3) is 0 Å². The van der Waals surface area contributed by atoms with E-state index in [9.17, 15) is 9.59 Å². The van der Waals surface area contributed by atoms with Crippen LogP contribution in [-0.4, -0.2) is 89.1 Å². The van der Waals surface area contributed by atoms with Gasteiger partial charge in [-0.15, -0.1) is 0 Å². The lowest BCUT2D eigenvalue weighted by atomic mass is 10.00. The van der Waals surface area contributed by atoms with Gasteiger partial charge in [0.2, 0.25) is 22.6 Å². The molecule has 8 aromatic rings. The van der Waals surface area contributed by atoms with Gasteiger partial charge in [0, 0.05) is 83.9 Å². The summed E-state index contributed by atoms with van der Waals surface area (Å²) in [6.45, 7) is 24.0. The fourth-order valence-electron chi connectivity index (χ4n) is 9.00. The third-order valence-corrected chi connectivity index (χ3v) is 14.2. The molecular weight excluding hydrogens is 1040 g/mol. The molecule has 0 aliphatic carbocycles. The van der Waals surface area contributed by atoms with Crippen molar-refractivity contribution in [2.45, 2.75) is 106 Å². The quantitative estimate of drug-likeness (QED) is 0.0842. The Morgan fingerprint density at radius 3 is 1.65 bits per heavy atom. The van der Waals surface area contributed by atoms with Crippen molar-refractivity contribution in [3.05, 3.63) is 170 Å². The van der Waals surface area contributed by atoms with Crippen LogP contribution in [0.3, 0.4) is 0 Å². The van der Waals surface area contributed by atoms with Crippen LogP contribution in [0.4, 0.5) is 26.9 Å². The number of carbonyl (C=O) groups is 2. The molecule has 2 aliphatic rings. The first-order chi connectivity index (χ1) is 36.2. The smallest absolute Gasteiger partial charge is 0.410 e. The number of rotatable bonds is 8. The maximum Gasteiger partial charge on any atom is 0.410 e.